The number of benzene rings is 12. The lowest BCUT2D eigenvalue weighted by molar-refractivity contribution is 0.992. The van der Waals surface area contributed by atoms with E-state index in [0.29, 0.717) is 0 Å². The maximum absolute atomic E-state index is 4.06. The largest absolute Gasteiger partial charge is 0.310 e. The molecular weight excluding hydrogens is 771 g/mol. The first-order valence-electron chi connectivity index (χ1n) is 22.1. The summed E-state index contributed by atoms with van der Waals surface area (Å²) in [4.78, 5) is 2.42. The highest BCUT2D eigenvalue weighted by atomic mass is 15.1. The highest BCUT2D eigenvalue weighted by Crippen LogP contribution is 2.48. The van der Waals surface area contributed by atoms with Gasteiger partial charge in [-0.05, 0) is 134 Å². The molecule has 12 aromatic carbocycles. The molecule has 1 atom stereocenters. The summed E-state index contributed by atoms with van der Waals surface area (Å²) in [6.45, 7) is 8.10. The molecule has 0 amide bonds. The molecule has 0 fully saturated rings. The Morgan fingerprint density at radius 3 is 1.42 bits per heavy atom. The summed E-state index contributed by atoms with van der Waals surface area (Å²) in [7, 11) is 0. The van der Waals surface area contributed by atoms with Gasteiger partial charge in [-0.1, -0.05) is 207 Å². The van der Waals surface area contributed by atoms with E-state index in [2.05, 4.69) is 236 Å². The fourth-order valence-electron chi connectivity index (χ4n) is 10.5. The molecule has 0 spiro atoms. The Bertz CT molecular complexity index is 3550. The maximum atomic E-state index is 4.06. The molecule has 0 bridgehead atoms. The van der Waals surface area contributed by atoms with Crippen molar-refractivity contribution in [2.24, 2.45) is 0 Å². The fraction of sp³-hybridized carbons (Fsp3) is 0.0159. The fourth-order valence-corrected chi connectivity index (χ4v) is 10.5. The summed E-state index contributed by atoms with van der Waals surface area (Å²) < 4.78 is 0. The van der Waals surface area contributed by atoms with Crippen LogP contribution in [0.2, 0.25) is 0 Å². The van der Waals surface area contributed by atoms with Gasteiger partial charge in [0.05, 0.1) is 5.69 Å². The van der Waals surface area contributed by atoms with E-state index < -0.39 is 0 Å². The van der Waals surface area contributed by atoms with Crippen LogP contribution in [-0.2, 0) is 0 Å². The molecule has 0 saturated heterocycles. The first-order chi connectivity index (χ1) is 31.7. The molecule has 0 saturated carbocycles. The Labute approximate surface area is 373 Å². The highest BCUT2D eigenvalue weighted by molar-refractivity contribution is 6.39. The molecule has 300 valence electrons. The molecule has 1 heteroatoms. The van der Waals surface area contributed by atoms with Gasteiger partial charge in [-0.25, -0.2) is 0 Å². The van der Waals surface area contributed by atoms with Gasteiger partial charge in [0.15, 0.2) is 0 Å². The van der Waals surface area contributed by atoms with Crippen LogP contribution in [0.15, 0.2) is 232 Å². The van der Waals surface area contributed by atoms with Crippen LogP contribution in [0.1, 0.15) is 33.7 Å². The van der Waals surface area contributed by atoms with Gasteiger partial charge in [-0.3, -0.25) is 0 Å². The summed E-state index contributed by atoms with van der Waals surface area (Å²) in [5.74, 6) is -0.00376. The highest BCUT2D eigenvalue weighted by Gasteiger charge is 2.23. The van der Waals surface area contributed by atoms with E-state index >= 15 is 0 Å². The summed E-state index contributed by atoms with van der Waals surface area (Å²) in [5, 5.41) is 17.5. The van der Waals surface area contributed by atoms with E-state index in [1.807, 2.05) is 12.2 Å². The molecule has 0 aliphatic rings. The number of hydrogen-bond acceptors (Lipinski definition) is 1. The smallest absolute Gasteiger partial charge is 0.0540 e. The third-order valence-electron chi connectivity index (χ3n) is 13.4. The monoisotopic (exact) mass is 813 g/mol. The molecule has 1 nitrogen and oxygen atoms in total. The minimum absolute atomic E-state index is 0.00376. The zero-order valence-electron chi connectivity index (χ0n) is 35.4. The lowest BCUT2D eigenvalue weighted by atomic mass is 9.80. The standard InChI is InChI=1S/C63H43N/c1-3-41-27-31-45(32-28-41)61(55-25-13-17-43-15-5-7-19-49(43)55)46-33-37-53-51-21-9-12-24-57(51)63-59-40-48(36-38-54(59)52-22-10-11-23-56(52)62(63)58(53)39-46)64(47-34-29-42(4-2)30-35-47)60-26-14-18-44-16-6-8-20-50(44)60/h3-40,61H,1-2H2. The minimum atomic E-state index is -0.00376. The van der Waals surface area contributed by atoms with E-state index in [4.69, 9.17) is 0 Å². The Hall–Kier alpha value is -8.26. The average Bonchev–Trinajstić information content (AvgIpc) is 3.37. The van der Waals surface area contributed by atoms with Crippen molar-refractivity contribution >= 4 is 105 Å². The molecule has 12 rings (SSSR count). The van der Waals surface area contributed by atoms with Gasteiger partial charge in [0.1, 0.15) is 0 Å². The van der Waals surface area contributed by atoms with Crippen LogP contribution in [-0.4, -0.2) is 0 Å². The van der Waals surface area contributed by atoms with Crippen molar-refractivity contribution in [3.63, 3.8) is 0 Å². The van der Waals surface area contributed by atoms with Crippen LogP contribution in [0.25, 0.3) is 87.6 Å². The van der Waals surface area contributed by atoms with E-state index in [0.717, 1.165) is 28.2 Å². The predicted molar refractivity (Wildman–Crippen MR) is 278 cm³/mol. The predicted octanol–water partition coefficient (Wildman–Crippen LogP) is 17.7. The van der Waals surface area contributed by atoms with Crippen molar-refractivity contribution in [2.75, 3.05) is 4.90 Å². The second-order valence-electron chi connectivity index (χ2n) is 16.9. The third-order valence-corrected chi connectivity index (χ3v) is 13.4. The van der Waals surface area contributed by atoms with Crippen molar-refractivity contribution in [3.05, 3.63) is 259 Å². The number of fused-ring (bicyclic) bond motifs is 13. The Balaban J connectivity index is 1.19. The van der Waals surface area contributed by atoms with Crippen LogP contribution in [0.3, 0.4) is 0 Å². The zero-order chi connectivity index (χ0) is 42.7. The second kappa shape index (κ2) is 15.3. The summed E-state index contributed by atoms with van der Waals surface area (Å²) >= 11 is 0. The first-order valence-corrected chi connectivity index (χ1v) is 22.1. The molecule has 0 radical (unpaired) electrons. The van der Waals surface area contributed by atoms with Gasteiger partial charge in [0.2, 0.25) is 0 Å². The Kier molecular flexibility index (Phi) is 8.95. The first kappa shape index (κ1) is 37.5. The van der Waals surface area contributed by atoms with Gasteiger partial charge >= 0.3 is 0 Å². The van der Waals surface area contributed by atoms with Crippen molar-refractivity contribution in [2.45, 2.75) is 5.92 Å². The lowest BCUT2D eigenvalue weighted by Crippen LogP contribution is -2.10. The van der Waals surface area contributed by atoms with Crippen LogP contribution in [0.5, 0.6) is 0 Å². The van der Waals surface area contributed by atoms with Crippen LogP contribution in [0, 0.1) is 0 Å². The SMILES string of the molecule is C=Cc1ccc(C(c2ccc3c4ccccc4c4c5cc(N(c6ccc(C=C)cc6)c6cccc7ccccc67)ccc5c5ccccc5c4c3c2)c2cccc3ccccc23)cc1. The minimum Gasteiger partial charge on any atom is -0.310 e. The topological polar surface area (TPSA) is 3.24 Å². The van der Waals surface area contributed by atoms with Gasteiger partial charge in [-0.2, -0.15) is 0 Å². The molecular formula is C63H43N. The number of hydrogen-bond donors (Lipinski definition) is 0. The lowest BCUT2D eigenvalue weighted by Gasteiger charge is -2.28. The summed E-state index contributed by atoms with van der Waals surface area (Å²) in [5.41, 5.74) is 9.33. The van der Waals surface area contributed by atoms with Gasteiger partial charge < -0.3 is 4.90 Å². The Morgan fingerprint density at radius 1 is 0.328 bits per heavy atom. The second-order valence-corrected chi connectivity index (χ2v) is 16.9. The average molecular weight is 814 g/mol. The van der Waals surface area contributed by atoms with Crippen molar-refractivity contribution in [3.8, 4) is 0 Å². The molecule has 1 unspecified atom stereocenters. The van der Waals surface area contributed by atoms with E-state index in [1.165, 1.54) is 92.1 Å². The van der Waals surface area contributed by atoms with E-state index in [1.54, 1.807) is 0 Å². The zero-order valence-corrected chi connectivity index (χ0v) is 35.4. The Morgan fingerprint density at radius 2 is 0.781 bits per heavy atom. The van der Waals surface area contributed by atoms with Crippen LogP contribution in [0.4, 0.5) is 17.1 Å². The van der Waals surface area contributed by atoms with E-state index in [-0.39, 0.29) is 5.92 Å². The van der Waals surface area contributed by atoms with Gasteiger partial charge in [0, 0.05) is 22.7 Å². The molecule has 12 aromatic rings. The van der Waals surface area contributed by atoms with Gasteiger partial charge in [0.25, 0.3) is 0 Å². The number of nitrogens with zero attached hydrogens (tertiary/aromatic N) is 1. The molecule has 0 aliphatic heterocycles. The maximum Gasteiger partial charge on any atom is 0.0540 e. The quantitative estimate of drug-likeness (QED) is 0.109. The summed E-state index contributed by atoms with van der Waals surface area (Å²) in [6, 6.07) is 80.9. The van der Waals surface area contributed by atoms with Crippen molar-refractivity contribution < 1.29 is 0 Å². The third kappa shape index (κ3) is 6.01. The van der Waals surface area contributed by atoms with Crippen LogP contribution < -0.4 is 4.90 Å². The van der Waals surface area contributed by atoms with E-state index in [9.17, 15) is 0 Å². The summed E-state index contributed by atoms with van der Waals surface area (Å²) in [6.07, 6.45) is 3.83. The van der Waals surface area contributed by atoms with Crippen LogP contribution >= 0.6 is 0 Å². The molecule has 0 heterocycles. The van der Waals surface area contributed by atoms with Crippen molar-refractivity contribution in [1.82, 2.24) is 0 Å². The number of anilines is 3. The molecule has 0 aliphatic carbocycles. The molecule has 0 N–H and O–H groups in total. The molecule has 0 aromatic heterocycles. The molecule has 64 heavy (non-hydrogen) atoms. The van der Waals surface area contributed by atoms with Gasteiger partial charge in [-0.15, -0.1) is 0 Å². The van der Waals surface area contributed by atoms with Crippen molar-refractivity contribution in [1.29, 1.82) is 0 Å². The normalized spacial score (nSPS) is 12.1. The number of rotatable bonds is 8.